The fourth-order valence-electron chi connectivity index (χ4n) is 2.01. The van der Waals surface area contributed by atoms with Crippen LogP contribution in [-0.2, 0) is 10.0 Å². The summed E-state index contributed by atoms with van der Waals surface area (Å²) in [5, 5.41) is 0.966. The molecule has 0 aliphatic rings. The van der Waals surface area contributed by atoms with Crippen molar-refractivity contribution in [3.05, 3.63) is 60.9 Å². The molecule has 0 amide bonds. The largest absolute Gasteiger partial charge is 0.266 e. The maximum Gasteiger partial charge on any atom is 0.266 e. The van der Waals surface area contributed by atoms with Gasteiger partial charge in [0.2, 0.25) is 0 Å². The summed E-state index contributed by atoms with van der Waals surface area (Å²) in [6.07, 6.45) is 2.86. The first-order valence-corrected chi connectivity index (χ1v) is 7.78. The number of hydrogen-bond acceptors (Lipinski definition) is 4. The van der Waals surface area contributed by atoms with Crippen LogP contribution in [-0.4, -0.2) is 25.4 Å². The van der Waals surface area contributed by atoms with Gasteiger partial charge in [0.15, 0.2) is 0 Å². The average Bonchev–Trinajstić information content (AvgIpc) is 2.54. The summed E-state index contributed by atoms with van der Waals surface area (Å²) in [6, 6.07) is 14.2. The molecule has 0 atom stereocenters. The van der Waals surface area contributed by atoms with E-state index < -0.39 is 10.0 Å². The first kappa shape index (κ1) is 13.5. The van der Waals surface area contributed by atoms with Gasteiger partial charge < -0.3 is 0 Å². The van der Waals surface area contributed by atoms with Crippen molar-refractivity contribution in [3.8, 4) is 0 Å². The van der Waals surface area contributed by atoms with E-state index in [2.05, 4.69) is 9.97 Å². The normalized spacial score (nSPS) is 11.5. The highest BCUT2D eigenvalue weighted by Gasteiger charge is 2.22. The molecule has 0 aliphatic carbocycles. The number of anilines is 1. The van der Waals surface area contributed by atoms with Gasteiger partial charge in [0, 0.05) is 24.8 Å². The van der Waals surface area contributed by atoms with E-state index in [0.29, 0.717) is 5.82 Å². The zero-order chi connectivity index (χ0) is 14.9. The van der Waals surface area contributed by atoms with Gasteiger partial charge in [0.05, 0.1) is 5.52 Å². The zero-order valence-electron chi connectivity index (χ0n) is 11.3. The Morgan fingerprint density at radius 1 is 1.00 bits per heavy atom. The van der Waals surface area contributed by atoms with E-state index in [-0.39, 0.29) is 4.90 Å². The van der Waals surface area contributed by atoms with Crippen molar-refractivity contribution in [3.63, 3.8) is 0 Å². The Morgan fingerprint density at radius 3 is 2.57 bits per heavy atom. The Balaban J connectivity index is 2.06. The van der Waals surface area contributed by atoms with Gasteiger partial charge in [-0.3, -0.25) is 9.29 Å². The third kappa shape index (κ3) is 2.45. The molecule has 3 aromatic rings. The molecule has 1 aromatic carbocycles. The minimum absolute atomic E-state index is 0.141. The van der Waals surface area contributed by atoms with Crippen LogP contribution in [0, 0.1) is 0 Å². The summed E-state index contributed by atoms with van der Waals surface area (Å²) < 4.78 is 26.2. The fraction of sp³-hybridized carbons (Fsp3) is 0.0667. The summed E-state index contributed by atoms with van der Waals surface area (Å²) in [5.74, 6) is 0.373. The van der Waals surface area contributed by atoms with Gasteiger partial charge in [-0.25, -0.2) is 13.4 Å². The highest BCUT2D eigenvalue weighted by atomic mass is 32.2. The van der Waals surface area contributed by atoms with Crippen molar-refractivity contribution in [1.29, 1.82) is 0 Å². The Labute approximate surface area is 122 Å². The lowest BCUT2D eigenvalue weighted by Gasteiger charge is -2.18. The lowest BCUT2D eigenvalue weighted by Crippen LogP contribution is -2.27. The van der Waals surface area contributed by atoms with Crippen molar-refractivity contribution in [2.75, 3.05) is 11.4 Å². The Kier molecular flexibility index (Phi) is 3.31. The second-order valence-corrected chi connectivity index (χ2v) is 6.49. The van der Waals surface area contributed by atoms with Gasteiger partial charge in [-0.1, -0.05) is 18.2 Å². The summed E-state index contributed by atoms with van der Waals surface area (Å²) >= 11 is 0. The second-order valence-electron chi connectivity index (χ2n) is 4.52. The third-order valence-corrected chi connectivity index (χ3v) is 4.94. The van der Waals surface area contributed by atoms with Crippen molar-refractivity contribution in [1.82, 2.24) is 9.97 Å². The van der Waals surface area contributed by atoms with Crippen LogP contribution in [0.3, 0.4) is 0 Å². The number of pyridine rings is 2. The van der Waals surface area contributed by atoms with E-state index in [0.717, 1.165) is 15.2 Å². The molecule has 6 heteroatoms. The van der Waals surface area contributed by atoms with Gasteiger partial charge >= 0.3 is 0 Å². The van der Waals surface area contributed by atoms with E-state index in [9.17, 15) is 8.42 Å². The molecule has 106 valence electrons. The Morgan fingerprint density at radius 2 is 1.81 bits per heavy atom. The summed E-state index contributed by atoms with van der Waals surface area (Å²) in [4.78, 5) is 8.39. The molecule has 0 unspecified atom stereocenters. The molecular weight excluding hydrogens is 286 g/mol. The number of benzene rings is 1. The zero-order valence-corrected chi connectivity index (χ0v) is 12.2. The molecule has 0 N–H and O–H groups in total. The van der Waals surface area contributed by atoms with Crippen molar-refractivity contribution in [2.24, 2.45) is 0 Å². The van der Waals surface area contributed by atoms with E-state index >= 15 is 0 Å². The topological polar surface area (TPSA) is 63.2 Å². The molecule has 2 aromatic heterocycles. The molecule has 2 heterocycles. The van der Waals surface area contributed by atoms with Crippen LogP contribution in [0.4, 0.5) is 5.82 Å². The molecule has 0 radical (unpaired) electrons. The van der Waals surface area contributed by atoms with Crippen LogP contribution in [0.25, 0.3) is 10.9 Å². The summed E-state index contributed by atoms with van der Waals surface area (Å²) in [7, 11) is -2.17. The molecular formula is C15H13N3O2S. The molecule has 5 nitrogen and oxygen atoms in total. The maximum absolute atomic E-state index is 12.5. The van der Waals surface area contributed by atoms with Crippen LogP contribution < -0.4 is 4.31 Å². The standard InChI is InChI=1S/C15H13N3O2S/c1-18(21(19,20)13-6-4-10-16-11-13)15-9-8-12-5-2-3-7-14(12)17-15/h2-11H,1H3. The monoisotopic (exact) mass is 299 g/mol. The fourth-order valence-corrected chi connectivity index (χ4v) is 3.12. The molecule has 0 spiro atoms. The molecule has 0 saturated carbocycles. The SMILES string of the molecule is CN(c1ccc2ccccc2n1)S(=O)(=O)c1cccnc1. The van der Waals surface area contributed by atoms with Gasteiger partial charge in [-0.05, 0) is 30.3 Å². The van der Waals surface area contributed by atoms with Crippen molar-refractivity contribution < 1.29 is 8.42 Å². The predicted octanol–water partition coefficient (Wildman–Crippen LogP) is 2.45. The lowest BCUT2D eigenvalue weighted by molar-refractivity contribution is 0.593. The third-order valence-electron chi connectivity index (χ3n) is 3.20. The Bertz CT molecular complexity index is 880. The van der Waals surface area contributed by atoms with E-state index in [1.165, 1.54) is 25.5 Å². The van der Waals surface area contributed by atoms with E-state index in [4.69, 9.17) is 0 Å². The number of nitrogens with zero attached hydrogens (tertiary/aromatic N) is 3. The summed E-state index contributed by atoms with van der Waals surface area (Å²) in [6.45, 7) is 0. The van der Waals surface area contributed by atoms with Crippen molar-refractivity contribution in [2.45, 2.75) is 4.90 Å². The van der Waals surface area contributed by atoms with Crippen LogP contribution in [0.2, 0.25) is 0 Å². The molecule has 0 saturated heterocycles. The number of fused-ring (bicyclic) bond motifs is 1. The average molecular weight is 299 g/mol. The van der Waals surface area contributed by atoms with Crippen LogP contribution in [0.1, 0.15) is 0 Å². The highest BCUT2D eigenvalue weighted by molar-refractivity contribution is 7.92. The van der Waals surface area contributed by atoms with Crippen LogP contribution in [0.5, 0.6) is 0 Å². The minimum atomic E-state index is -3.65. The van der Waals surface area contributed by atoms with Gasteiger partial charge in [-0.15, -0.1) is 0 Å². The van der Waals surface area contributed by atoms with Crippen LogP contribution >= 0.6 is 0 Å². The number of sulfonamides is 1. The number of hydrogen-bond donors (Lipinski definition) is 0. The van der Waals surface area contributed by atoms with Crippen LogP contribution in [0.15, 0.2) is 65.8 Å². The predicted molar refractivity (Wildman–Crippen MR) is 81.6 cm³/mol. The highest BCUT2D eigenvalue weighted by Crippen LogP contribution is 2.22. The van der Waals surface area contributed by atoms with E-state index in [1.54, 1.807) is 12.1 Å². The second kappa shape index (κ2) is 5.14. The molecule has 3 rings (SSSR count). The Hall–Kier alpha value is -2.47. The number of rotatable bonds is 3. The minimum Gasteiger partial charge on any atom is -0.263 e. The first-order valence-electron chi connectivity index (χ1n) is 6.34. The first-order chi connectivity index (χ1) is 10.1. The maximum atomic E-state index is 12.5. The van der Waals surface area contributed by atoms with Gasteiger partial charge in [0.1, 0.15) is 10.7 Å². The lowest BCUT2D eigenvalue weighted by atomic mass is 10.2. The summed E-state index contributed by atoms with van der Waals surface area (Å²) in [5.41, 5.74) is 0.753. The van der Waals surface area contributed by atoms with Gasteiger partial charge in [-0.2, -0.15) is 0 Å². The number of para-hydroxylation sites is 1. The van der Waals surface area contributed by atoms with Crippen molar-refractivity contribution >= 4 is 26.7 Å². The smallest absolute Gasteiger partial charge is 0.263 e. The number of aromatic nitrogens is 2. The molecule has 21 heavy (non-hydrogen) atoms. The molecule has 0 bridgehead atoms. The molecule has 0 aliphatic heterocycles. The molecule has 0 fully saturated rings. The quantitative estimate of drug-likeness (QED) is 0.745. The van der Waals surface area contributed by atoms with Gasteiger partial charge in [0.25, 0.3) is 10.0 Å². The van der Waals surface area contributed by atoms with E-state index in [1.807, 2.05) is 30.3 Å².